The molecule has 4 rings (SSSR count). The number of aryl methyl sites for hydroxylation is 1. The molecule has 0 aliphatic carbocycles. The molecular formula is C23H22FN3OS. The van der Waals surface area contributed by atoms with Gasteiger partial charge >= 0.3 is 0 Å². The van der Waals surface area contributed by atoms with Crippen LogP contribution in [-0.4, -0.2) is 21.4 Å². The van der Waals surface area contributed by atoms with Crippen molar-refractivity contribution in [2.45, 2.75) is 26.4 Å². The smallest absolute Gasteiger partial charge is 0.236 e. The van der Waals surface area contributed by atoms with Gasteiger partial charge in [0.15, 0.2) is 0 Å². The van der Waals surface area contributed by atoms with E-state index >= 15 is 0 Å². The summed E-state index contributed by atoms with van der Waals surface area (Å²) in [4.78, 5) is 12.5. The number of halogens is 1. The molecule has 0 amide bonds. The summed E-state index contributed by atoms with van der Waals surface area (Å²) in [7, 11) is 0. The first kappa shape index (κ1) is 19.5. The fourth-order valence-corrected chi connectivity index (χ4v) is 3.82. The molecule has 0 N–H and O–H groups in total. The largest absolute Gasteiger partial charge is 0.440 e. The van der Waals surface area contributed by atoms with Crippen LogP contribution in [0.4, 0.5) is 4.39 Å². The van der Waals surface area contributed by atoms with E-state index in [0.717, 1.165) is 40.6 Å². The minimum Gasteiger partial charge on any atom is -0.440 e. The lowest BCUT2D eigenvalue weighted by Gasteiger charge is -2.21. The van der Waals surface area contributed by atoms with E-state index < -0.39 is 0 Å². The zero-order chi connectivity index (χ0) is 20.1. The van der Waals surface area contributed by atoms with Gasteiger partial charge in [-0.05, 0) is 48.2 Å². The Bertz CT molecular complexity index is 1030. The Balaban J connectivity index is 1.52. The Morgan fingerprint density at radius 2 is 1.90 bits per heavy atom. The molecule has 4 aromatic rings. The predicted octanol–water partition coefficient (Wildman–Crippen LogP) is 5.49. The van der Waals surface area contributed by atoms with Crippen LogP contribution in [0.3, 0.4) is 0 Å². The second kappa shape index (κ2) is 9.11. The van der Waals surface area contributed by atoms with Crippen LogP contribution in [-0.2, 0) is 19.5 Å². The van der Waals surface area contributed by atoms with Crippen LogP contribution in [0.25, 0.3) is 10.8 Å². The number of thiophene rings is 1. The van der Waals surface area contributed by atoms with Gasteiger partial charge in [0.05, 0.1) is 10.6 Å². The zero-order valence-corrected chi connectivity index (χ0v) is 17.0. The van der Waals surface area contributed by atoms with Gasteiger partial charge in [-0.2, -0.15) is 0 Å². The van der Waals surface area contributed by atoms with Crippen molar-refractivity contribution in [2.75, 3.05) is 6.54 Å². The highest BCUT2D eigenvalue weighted by molar-refractivity contribution is 7.13. The quantitative estimate of drug-likeness (QED) is 0.387. The maximum absolute atomic E-state index is 13.3. The molecular weight excluding hydrogens is 385 g/mol. The summed E-state index contributed by atoms with van der Waals surface area (Å²) in [6.07, 6.45) is 2.64. The third-order valence-electron chi connectivity index (χ3n) is 4.73. The Morgan fingerprint density at radius 3 is 2.62 bits per heavy atom. The number of benzene rings is 1. The molecule has 0 fully saturated rings. The predicted molar refractivity (Wildman–Crippen MR) is 113 cm³/mol. The molecule has 0 spiro atoms. The van der Waals surface area contributed by atoms with Crippen LogP contribution >= 0.6 is 11.3 Å². The molecule has 0 aliphatic rings. The molecule has 0 saturated carbocycles. The van der Waals surface area contributed by atoms with Crippen molar-refractivity contribution in [3.8, 4) is 10.8 Å². The number of rotatable bonds is 8. The van der Waals surface area contributed by atoms with Gasteiger partial charge in [0.1, 0.15) is 11.6 Å². The van der Waals surface area contributed by atoms with Crippen LogP contribution in [0, 0.1) is 12.7 Å². The molecule has 0 aliphatic heterocycles. The Labute approximate surface area is 173 Å². The Hall–Kier alpha value is -2.83. The molecule has 148 valence electrons. The summed E-state index contributed by atoms with van der Waals surface area (Å²) in [5.41, 5.74) is 3.04. The first-order valence-corrected chi connectivity index (χ1v) is 10.4. The van der Waals surface area contributed by atoms with Gasteiger partial charge in [0.25, 0.3) is 0 Å². The molecule has 4 nitrogen and oxygen atoms in total. The third-order valence-corrected chi connectivity index (χ3v) is 5.59. The van der Waals surface area contributed by atoms with Crippen LogP contribution in [0.1, 0.15) is 22.7 Å². The van der Waals surface area contributed by atoms with Crippen molar-refractivity contribution in [2.24, 2.45) is 0 Å². The molecule has 3 heterocycles. The van der Waals surface area contributed by atoms with Gasteiger partial charge in [0, 0.05) is 37.9 Å². The molecule has 0 saturated heterocycles. The standard InChI is InChI=1S/C23H22FN3OS/c1-17-21(26-23(28-17)22-6-4-14-29-22)16-27(13-11-20-5-2-3-12-25-20)15-18-7-9-19(24)10-8-18/h2-10,12,14H,11,13,15-16H2,1H3. The number of nitrogens with zero attached hydrogens (tertiary/aromatic N) is 3. The minimum atomic E-state index is -0.221. The molecule has 1 aromatic carbocycles. The highest BCUT2D eigenvalue weighted by atomic mass is 32.1. The van der Waals surface area contributed by atoms with E-state index in [2.05, 4.69) is 9.88 Å². The Kier molecular flexibility index (Phi) is 6.12. The van der Waals surface area contributed by atoms with E-state index in [0.29, 0.717) is 19.0 Å². The average Bonchev–Trinajstić information content (AvgIpc) is 3.39. The highest BCUT2D eigenvalue weighted by Crippen LogP contribution is 2.26. The second-order valence-corrected chi connectivity index (χ2v) is 7.86. The summed E-state index contributed by atoms with van der Waals surface area (Å²) in [5.74, 6) is 1.27. The van der Waals surface area contributed by atoms with E-state index in [1.165, 1.54) is 12.1 Å². The van der Waals surface area contributed by atoms with Crippen molar-refractivity contribution in [3.05, 3.63) is 94.7 Å². The summed E-state index contributed by atoms with van der Waals surface area (Å²) < 4.78 is 19.2. The van der Waals surface area contributed by atoms with Crippen LogP contribution in [0.2, 0.25) is 0 Å². The third kappa shape index (κ3) is 5.16. The zero-order valence-electron chi connectivity index (χ0n) is 16.2. The summed E-state index contributed by atoms with van der Waals surface area (Å²) in [5, 5.41) is 2.02. The van der Waals surface area contributed by atoms with Crippen molar-refractivity contribution in [1.29, 1.82) is 0 Å². The van der Waals surface area contributed by atoms with Crippen molar-refractivity contribution in [3.63, 3.8) is 0 Å². The summed E-state index contributed by atoms with van der Waals surface area (Å²) in [6.45, 7) is 4.13. The van der Waals surface area contributed by atoms with E-state index in [4.69, 9.17) is 9.40 Å². The summed E-state index contributed by atoms with van der Waals surface area (Å²) in [6, 6.07) is 16.6. The van der Waals surface area contributed by atoms with Gasteiger partial charge in [0.2, 0.25) is 5.89 Å². The van der Waals surface area contributed by atoms with E-state index in [1.807, 2.05) is 61.0 Å². The lowest BCUT2D eigenvalue weighted by atomic mass is 10.2. The molecule has 0 unspecified atom stereocenters. The van der Waals surface area contributed by atoms with Gasteiger partial charge in [-0.1, -0.05) is 24.3 Å². The molecule has 6 heteroatoms. The van der Waals surface area contributed by atoms with E-state index in [-0.39, 0.29) is 5.82 Å². The molecule has 0 atom stereocenters. The van der Waals surface area contributed by atoms with Crippen molar-refractivity contribution in [1.82, 2.24) is 14.9 Å². The van der Waals surface area contributed by atoms with Crippen LogP contribution in [0.15, 0.2) is 70.6 Å². The van der Waals surface area contributed by atoms with E-state index in [1.54, 1.807) is 11.3 Å². The van der Waals surface area contributed by atoms with Gasteiger partial charge in [-0.15, -0.1) is 11.3 Å². The van der Waals surface area contributed by atoms with Crippen molar-refractivity contribution < 1.29 is 8.81 Å². The normalized spacial score (nSPS) is 11.3. The number of hydrogen-bond acceptors (Lipinski definition) is 5. The van der Waals surface area contributed by atoms with Gasteiger partial charge < -0.3 is 4.42 Å². The SMILES string of the molecule is Cc1oc(-c2cccs2)nc1CN(CCc1ccccn1)Cc1ccc(F)cc1. The number of aromatic nitrogens is 2. The van der Waals surface area contributed by atoms with Crippen molar-refractivity contribution >= 4 is 11.3 Å². The lowest BCUT2D eigenvalue weighted by molar-refractivity contribution is 0.255. The Morgan fingerprint density at radius 1 is 1.03 bits per heavy atom. The first-order chi connectivity index (χ1) is 14.2. The average molecular weight is 408 g/mol. The fourth-order valence-electron chi connectivity index (χ4n) is 3.17. The maximum atomic E-state index is 13.3. The topological polar surface area (TPSA) is 42.2 Å². The highest BCUT2D eigenvalue weighted by Gasteiger charge is 2.16. The summed E-state index contributed by atoms with van der Waals surface area (Å²) >= 11 is 1.61. The van der Waals surface area contributed by atoms with Gasteiger partial charge in [-0.25, -0.2) is 9.37 Å². The maximum Gasteiger partial charge on any atom is 0.236 e. The fraction of sp³-hybridized carbons (Fsp3) is 0.217. The molecule has 0 radical (unpaired) electrons. The van der Waals surface area contributed by atoms with Gasteiger partial charge in [-0.3, -0.25) is 9.88 Å². The molecule has 0 bridgehead atoms. The monoisotopic (exact) mass is 407 g/mol. The van der Waals surface area contributed by atoms with E-state index in [9.17, 15) is 4.39 Å². The molecule has 3 aromatic heterocycles. The lowest BCUT2D eigenvalue weighted by Crippen LogP contribution is -2.26. The first-order valence-electron chi connectivity index (χ1n) is 9.54. The van der Waals surface area contributed by atoms with Crippen LogP contribution in [0.5, 0.6) is 0 Å². The number of hydrogen-bond donors (Lipinski definition) is 0. The second-order valence-electron chi connectivity index (χ2n) is 6.91. The molecule has 29 heavy (non-hydrogen) atoms. The number of oxazole rings is 1. The van der Waals surface area contributed by atoms with Crippen LogP contribution < -0.4 is 0 Å². The number of pyridine rings is 1. The minimum absolute atomic E-state index is 0.221.